The molecule has 22 heavy (non-hydrogen) atoms. The summed E-state index contributed by atoms with van der Waals surface area (Å²) in [5.74, 6) is 0.220. The van der Waals surface area contributed by atoms with Gasteiger partial charge in [-0.3, -0.25) is 0 Å². The first kappa shape index (κ1) is 14.7. The first-order chi connectivity index (χ1) is 10.7. The summed E-state index contributed by atoms with van der Waals surface area (Å²) in [6.07, 6.45) is 3.38. The molecule has 0 aliphatic heterocycles. The summed E-state index contributed by atoms with van der Waals surface area (Å²) < 4.78 is 15.6. The summed E-state index contributed by atoms with van der Waals surface area (Å²) >= 11 is 3.04. The summed E-state index contributed by atoms with van der Waals surface area (Å²) in [6.45, 7) is 0.274. The lowest BCUT2D eigenvalue weighted by molar-refractivity contribution is 0.612. The SMILES string of the molecule is CSc1nc2ncnc(NCc3ccc(C#N)cc3F)c2s1. The standard InChI is InChI=1S/C14H10FN5S2/c1-21-14-20-13-11(22-14)12(18-7-19-13)17-6-9-3-2-8(5-16)4-10(9)15/h2-4,7H,6H2,1H3,(H,17,18,19). The molecule has 8 heteroatoms. The molecule has 3 aromatic rings. The van der Waals surface area contributed by atoms with Crippen LogP contribution in [-0.4, -0.2) is 21.2 Å². The maximum absolute atomic E-state index is 13.9. The van der Waals surface area contributed by atoms with E-state index < -0.39 is 5.82 Å². The lowest BCUT2D eigenvalue weighted by atomic mass is 10.1. The van der Waals surface area contributed by atoms with E-state index in [-0.39, 0.29) is 6.54 Å². The average molecular weight is 331 g/mol. The molecule has 0 saturated carbocycles. The van der Waals surface area contributed by atoms with Crippen molar-refractivity contribution in [3.8, 4) is 6.07 Å². The number of nitriles is 1. The van der Waals surface area contributed by atoms with Gasteiger partial charge in [-0.2, -0.15) is 5.26 Å². The van der Waals surface area contributed by atoms with Gasteiger partial charge in [0.25, 0.3) is 0 Å². The summed E-state index contributed by atoms with van der Waals surface area (Å²) in [4.78, 5) is 12.7. The molecule has 0 amide bonds. The Morgan fingerprint density at radius 2 is 2.27 bits per heavy atom. The minimum absolute atomic E-state index is 0.274. The highest BCUT2D eigenvalue weighted by atomic mass is 32.2. The Kier molecular flexibility index (Phi) is 4.18. The molecule has 0 aliphatic rings. The topological polar surface area (TPSA) is 74.5 Å². The Balaban J connectivity index is 1.85. The van der Waals surface area contributed by atoms with Crippen LogP contribution in [0, 0.1) is 17.1 Å². The van der Waals surface area contributed by atoms with Crippen LogP contribution in [0.1, 0.15) is 11.1 Å². The van der Waals surface area contributed by atoms with Crippen molar-refractivity contribution in [2.75, 3.05) is 11.6 Å². The van der Waals surface area contributed by atoms with E-state index in [2.05, 4.69) is 20.3 Å². The minimum Gasteiger partial charge on any atom is -0.365 e. The fourth-order valence-electron chi connectivity index (χ4n) is 1.89. The molecule has 0 saturated heterocycles. The molecule has 0 aliphatic carbocycles. The third-order valence-electron chi connectivity index (χ3n) is 2.97. The van der Waals surface area contributed by atoms with Crippen molar-refractivity contribution in [2.45, 2.75) is 10.9 Å². The Labute approximate surface area is 134 Å². The largest absolute Gasteiger partial charge is 0.365 e. The number of aromatic nitrogens is 3. The monoisotopic (exact) mass is 331 g/mol. The second-order valence-electron chi connectivity index (χ2n) is 4.33. The van der Waals surface area contributed by atoms with E-state index in [0.717, 1.165) is 9.04 Å². The molecule has 0 atom stereocenters. The number of fused-ring (bicyclic) bond motifs is 1. The molecule has 2 heterocycles. The quantitative estimate of drug-likeness (QED) is 0.738. The molecular weight excluding hydrogens is 321 g/mol. The highest BCUT2D eigenvalue weighted by Gasteiger charge is 2.11. The number of nitrogens with one attached hydrogen (secondary N) is 1. The van der Waals surface area contributed by atoms with Crippen LogP contribution in [0.4, 0.5) is 10.2 Å². The van der Waals surface area contributed by atoms with Gasteiger partial charge in [0.2, 0.25) is 0 Å². The maximum atomic E-state index is 13.9. The van der Waals surface area contributed by atoms with Crippen LogP contribution < -0.4 is 5.32 Å². The fourth-order valence-corrected chi connectivity index (χ4v) is 3.37. The zero-order valence-corrected chi connectivity index (χ0v) is 13.1. The molecule has 5 nitrogen and oxygen atoms in total. The van der Waals surface area contributed by atoms with Gasteiger partial charge in [0, 0.05) is 12.1 Å². The van der Waals surface area contributed by atoms with Crippen molar-refractivity contribution in [3.63, 3.8) is 0 Å². The lowest BCUT2D eigenvalue weighted by Crippen LogP contribution is -2.04. The molecule has 0 unspecified atom stereocenters. The third-order valence-corrected chi connectivity index (χ3v) is 5.01. The Morgan fingerprint density at radius 1 is 1.41 bits per heavy atom. The van der Waals surface area contributed by atoms with Gasteiger partial charge in [-0.1, -0.05) is 17.8 Å². The van der Waals surface area contributed by atoms with Crippen LogP contribution in [0.3, 0.4) is 0 Å². The molecule has 110 valence electrons. The van der Waals surface area contributed by atoms with Crippen LogP contribution >= 0.6 is 23.1 Å². The van der Waals surface area contributed by atoms with Gasteiger partial charge in [-0.05, 0) is 18.4 Å². The van der Waals surface area contributed by atoms with Gasteiger partial charge in [0.1, 0.15) is 22.7 Å². The van der Waals surface area contributed by atoms with Crippen LogP contribution in [0.5, 0.6) is 0 Å². The van der Waals surface area contributed by atoms with Crippen LogP contribution in [-0.2, 0) is 6.54 Å². The van der Waals surface area contributed by atoms with Crippen molar-refractivity contribution in [1.29, 1.82) is 5.26 Å². The average Bonchev–Trinajstić information content (AvgIpc) is 2.97. The van der Waals surface area contributed by atoms with Gasteiger partial charge in [0.05, 0.1) is 11.6 Å². The number of thioether (sulfide) groups is 1. The first-order valence-electron chi connectivity index (χ1n) is 6.29. The lowest BCUT2D eigenvalue weighted by Gasteiger charge is -2.07. The minimum atomic E-state index is -0.411. The number of hydrogen-bond acceptors (Lipinski definition) is 7. The van der Waals surface area contributed by atoms with E-state index in [9.17, 15) is 4.39 Å². The zero-order valence-electron chi connectivity index (χ0n) is 11.5. The predicted octanol–water partition coefficient (Wildman–Crippen LogP) is 3.43. The molecule has 3 rings (SSSR count). The molecule has 0 spiro atoms. The van der Waals surface area contributed by atoms with Gasteiger partial charge in [-0.25, -0.2) is 19.3 Å². The number of hydrogen-bond donors (Lipinski definition) is 1. The highest BCUT2D eigenvalue weighted by molar-refractivity contribution is 8.00. The molecule has 1 N–H and O–H groups in total. The Morgan fingerprint density at radius 3 is 3.00 bits per heavy atom. The third kappa shape index (κ3) is 2.86. The number of anilines is 1. The number of rotatable bonds is 4. The molecule has 2 aromatic heterocycles. The maximum Gasteiger partial charge on any atom is 0.176 e. The molecule has 1 aromatic carbocycles. The van der Waals surface area contributed by atoms with E-state index in [1.165, 1.54) is 23.7 Å². The molecule has 0 radical (unpaired) electrons. The van der Waals surface area contributed by atoms with Crippen molar-refractivity contribution >= 4 is 39.3 Å². The van der Waals surface area contributed by atoms with Gasteiger partial charge in [-0.15, -0.1) is 11.3 Å². The van der Waals surface area contributed by atoms with Crippen molar-refractivity contribution in [2.24, 2.45) is 0 Å². The number of nitrogens with zero attached hydrogens (tertiary/aromatic N) is 4. The van der Waals surface area contributed by atoms with Crippen LogP contribution in [0.2, 0.25) is 0 Å². The highest BCUT2D eigenvalue weighted by Crippen LogP contribution is 2.31. The second-order valence-corrected chi connectivity index (χ2v) is 6.38. The number of halogens is 1. The van der Waals surface area contributed by atoms with E-state index in [4.69, 9.17) is 5.26 Å². The van der Waals surface area contributed by atoms with Crippen LogP contribution in [0.25, 0.3) is 10.3 Å². The van der Waals surface area contributed by atoms with Crippen molar-refractivity contribution < 1.29 is 4.39 Å². The van der Waals surface area contributed by atoms with Gasteiger partial charge in [0.15, 0.2) is 9.99 Å². The molecule has 0 fully saturated rings. The second kappa shape index (κ2) is 6.25. The smallest absolute Gasteiger partial charge is 0.176 e. The number of thiazole rings is 1. The first-order valence-corrected chi connectivity index (χ1v) is 8.33. The summed E-state index contributed by atoms with van der Waals surface area (Å²) in [5.41, 5.74) is 1.41. The predicted molar refractivity (Wildman–Crippen MR) is 85.4 cm³/mol. The Bertz CT molecular complexity index is 871. The summed E-state index contributed by atoms with van der Waals surface area (Å²) in [6, 6.07) is 6.33. The summed E-state index contributed by atoms with van der Waals surface area (Å²) in [5, 5.41) is 11.9. The van der Waals surface area contributed by atoms with Crippen LogP contribution in [0.15, 0.2) is 28.9 Å². The fraction of sp³-hybridized carbons (Fsp3) is 0.143. The summed E-state index contributed by atoms with van der Waals surface area (Å²) in [7, 11) is 0. The molecule has 0 bridgehead atoms. The van der Waals surface area contributed by atoms with Gasteiger partial charge >= 0.3 is 0 Å². The van der Waals surface area contributed by atoms with E-state index in [0.29, 0.717) is 22.6 Å². The van der Waals surface area contributed by atoms with E-state index in [1.54, 1.807) is 23.9 Å². The normalized spacial score (nSPS) is 10.6. The van der Waals surface area contributed by atoms with E-state index in [1.807, 2.05) is 12.3 Å². The number of benzene rings is 1. The van der Waals surface area contributed by atoms with E-state index >= 15 is 0 Å². The Hall–Kier alpha value is -2.24. The van der Waals surface area contributed by atoms with Crippen molar-refractivity contribution in [1.82, 2.24) is 15.0 Å². The van der Waals surface area contributed by atoms with Gasteiger partial charge < -0.3 is 5.32 Å². The zero-order chi connectivity index (χ0) is 15.5. The molecular formula is C14H10FN5S2. The van der Waals surface area contributed by atoms with Crippen molar-refractivity contribution in [3.05, 3.63) is 41.5 Å².